The lowest BCUT2D eigenvalue weighted by Gasteiger charge is -2.23. The van der Waals surface area contributed by atoms with Crippen molar-refractivity contribution in [3.63, 3.8) is 0 Å². The molecule has 0 spiro atoms. The van der Waals surface area contributed by atoms with E-state index in [1.807, 2.05) is 18.2 Å². The third-order valence-corrected chi connectivity index (χ3v) is 6.98. The first-order valence-corrected chi connectivity index (χ1v) is 13.7. The lowest BCUT2D eigenvalue weighted by Crippen LogP contribution is -2.31. The third kappa shape index (κ3) is 5.66. The van der Waals surface area contributed by atoms with E-state index in [4.69, 9.17) is 9.47 Å². The predicted octanol–water partition coefficient (Wildman–Crippen LogP) is 6.37. The molecule has 0 unspecified atom stereocenters. The summed E-state index contributed by atoms with van der Waals surface area (Å²) in [5, 5.41) is 2.89. The lowest BCUT2D eigenvalue weighted by atomic mass is 10.1. The molecule has 0 atom stereocenters. The second-order valence-corrected chi connectivity index (χ2v) is 11.1. The molecule has 1 aromatic heterocycles. The molecular weight excluding hydrogens is 520 g/mol. The Bertz CT molecular complexity index is 1650. The number of nitrogens with one attached hydrogen (secondary N) is 1. The number of fused-ring (bicyclic) bond motifs is 2. The van der Waals surface area contributed by atoms with E-state index in [-0.39, 0.29) is 17.2 Å². The highest BCUT2D eigenvalue weighted by molar-refractivity contribution is 6.12. The molecule has 9 heteroatoms. The number of hydrogen-bond donors (Lipinski definition) is 1. The van der Waals surface area contributed by atoms with Crippen LogP contribution in [-0.4, -0.2) is 46.7 Å². The SMILES string of the molecule is COc1cc(C(=O)N2CCCCc3ccccc32)ccc1C(=O)Nc1cccc2c1nc(C)n2C(=O)OC(C)(C)C. The van der Waals surface area contributed by atoms with Crippen molar-refractivity contribution < 1.29 is 23.9 Å². The van der Waals surface area contributed by atoms with Crippen LogP contribution in [0.1, 0.15) is 65.7 Å². The molecule has 212 valence electrons. The number of ether oxygens (including phenoxy) is 2. The Morgan fingerprint density at radius 2 is 1.76 bits per heavy atom. The average molecular weight is 555 g/mol. The average Bonchev–Trinajstić information content (AvgIpc) is 3.13. The molecule has 1 aliphatic rings. The van der Waals surface area contributed by atoms with E-state index < -0.39 is 17.6 Å². The summed E-state index contributed by atoms with van der Waals surface area (Å²) in [4.78, 5) is 46.2. The molecule has 4 aromatic rings. The van der Waals surface area contributed by atoms with Gasteiger partial charge in [0.15, 0.2) is 0 Å². The van der Waals surface area contributed by atoms with E-state index in [1.54, 1.807) is 69.0 Å². The van der Waals surface area contributed by atoms with E-state index >= 15 is 0 Å². The van der Waals surface area contributed by atoms with Gasteiger partial charge in [-0.15, -0.1) is 0 Å². The summed E-state index contributed by atoms with van der Waals surface area (Å²) in [6.45, 7) is 7.72. The number of rotatable bonds is 4. The number of carbonyl (C=O) groups excluding carboxylic acids is 3. The second-order valence-electron chi connectivity index (χ2n) is 11.1. The first-order chi connectivity index (χ1) is 19.6. The molecular formula is C32H34N4O5. The Balaban J connectivity index is 1.42. The maximum Gasteiger partial charge on any atom is 0.420 e. The van der Waals surface area contributed by atoms with Gasteiger partial charge in [-0.2, -0.15) is 0 Å². The third-order valence-electron chi connectivity index (χ3n) is 6.98. The number of carbonyl (C=O) groups is 3. The Kier molecular flexibility index (Phi) is 7.53. The van der Waals surface area contributed by atoms with Crippen molar-refractivity contribution in [3.8, 4) is 5.75 Å². The summed E-state index contributed by atoms with van der Waals surface area (Å²) in [5.74, 6) is 0.140. The fraction of sp³-hybridized carbons (Fsp3) is 0.312. The predicted molar refractivity (Wildman–Crippen MR) is 158 cm³/mol. The molecule has 0 saturated heterocycles. The molecule has 0 bridgehead atoms. The molecule has 0 saturated carbocycles. The summed E-state index contributed by atoms with van der Waals surface area (Å²) < 4.78 is 12.5. The van der Waals surface area contributed by atoms with Crippen molar-refractivity contribution in [3.05, 3.63) is 83.2 Å². The van der Waals surface area contributed by atoms with Crippen LogP contribution in [-0.2, 0) is 11.2 Å². The van der Waals surface area contributed by atoms with Crippen LogP contribution in [0.4, 0.5) is 16.2 Å². The van der Waals surface area contributed by atoms with Crippen LogP contribution < -0.4 is 15.0 Å². The van der Waals surface area contributed by atoms with Crippen LogP contribution in [0.5, 0.6) is 5.75 Å². The van der Waals surface area contributed by atoms with Crippen LogP contribution in [0.25, 0.3) is 11.0 Å². The number of aryl methyl sites for hydroxylation is 2. The topological polar surface area (TPSA) is 103 Å². The normalized spacial score (nSPS) is 13.3. The van der Waals surface area contributed by atoms with Gasteiger partial charge < -0.3 is 19.7 Å². The Hall–Kier alpha value is -4.66. The molecule has 9 nitrogen and oxygen atoms in total. The van der Waals surface area contributed by atoms with Crippen LogP contribution in [0, 0.1) is 6.92 Å². The maximum absolute atomic E-state index is 13.6. The molecule has 0 fully saturated rings. The summed E-state index contributed by atoms with van der Waals surface area (Å²) in [5.41, 5.74) is 3.50. The van der Waals surface area contributed by atoms with Gasteiger partial charge in [-0.25, -0.2) is 14.3 Å². The Morgan fingerprint density at radius 1 is 0.976 bits per heavy atom. The molecule has 1 aliphatic heterocycles. The van der Waals surface area contributed by atoms with E-state index in [2.05, 4.69) is 16.4 Å². The minimum absolute atomic E-state index is 0.141. The smallest absolute Gasteiger partial charge is 0.420 e. The zero-order chi connectivity index (χ0) is 29.3. The van der Waals surface area contributed by atoms with Crippen molar-refractivity contribution in [2.75, 3.05) is 23.9 Å². The van der Waals surface area contributed by atoms with Gasteiger partial charge in [0.2, 0.25) is 0 Å². The number of benzene rings is 3. The standard InChI is InChI=1S/C32H34N4O5/c1-20-33-28-24(13-10-15-26(28)36(20)31(39)41-32(2,3)4)34-29(37)23-17-16-22(19-27(23)40-5)30(38)35-18-9-8-12-21-11-6-7-14-25(21)35/h6-7,10-11,13-17,19H,8-9,12,18H2,1-5H3,(H,34,37). The van der Waals surface area contributed by atoms with Crippen LogP contribution in [0.3, 0.4) is 0 Å². The Labute approximate surface area is 239 Å². The molecule has 2 amide bonds. The number of anilines is 2. The Morgan fingerprint density at radius 3 is 2.51 bits per heavy atom. The highest BCUT2D eigenvalue weighted by Gasteiger charge is 2.26. The lowest BCUT2D eigenvalue weighted by molar-refractivity contribution is 0.0540. The first-order valence-electron chi connectivity index (χ1n) is 13.7. The fourth-order valence-corrected chi connectivity index (χ4v) is 5.11. The van der Waals surface area contributed by atoms with Crippen LogP contribution in [0.2, 0.25) is 0 Å². The molecule has 1 N–H and O–H groups in total. The van der Waals surface area contributed by atoms with Crippen molar-refractivity contribution in [2.45, 2.75) is 52.6 Å². The van der Waals surface area contributed by atoms with Gasteiger partial charge >= 0.3 is 6.09 Å². The number of imidazole rings is 1. The van der Waals surface area contributed by atoms with Gasteiger partial charge in [-0.1, -0.05) is 24.3 Å². The number of para-hydroxylation sites is 2. The molecule has 0 radical (unpaired) electrons. The van der Waals surface area contributed by atoms with E-state index in [0.717, 1.165) is 30.5 Å². The largest absolute Gasteiger partial charge is 0.496 e. The zero-order valence-electron chi connectivity index (χ0n) is 24.0. The minimum Gasteiger partial charge on any atom is -0.496 e. The quantitative estimate of drug-likeness (QED) is 0.314. The number of hydrogen-bond acceptors (Lipinski definition) is 6. The summed E-state index contributed by atoms with van der Waals surface area (Å²) in [7, 11) is 1.47. The number of methoxy groups -OCH3 is 1. The van der Waals surface area contributed by atoms with Crippen molar-refractivity contribution in [1.82, 2.24) is 9.55 Å². The molecule has 2 heterocycles. The molecule has 3 aromatic carbocycles. The van der Waals surface area contributed by atoms with Crippen molar-refractivity contribution >= 4 is 40.3 Å². The summed E-state index contributed by atoms with van der Waals surface area (Å²) in [6, 6.07) is 18.0. The molecule has 5 rings (SSSR count). The van der Waals surface area contributed by atoms with E-state index in [0.29, 0.717) is 34.7 Å². The monoisotopic (exact) mass is 554 g/mol. The summed E-state index contributed by atoms with van der Waals surface area (Å²) in [6.07, 6.45) is 2.32. The first kappa shape index (κ1) is 27.9. The zero-order valence-corrected chi connectivity index (χ0v) is 24.0. The van der Waals surface area contributed by atoms with E-state index in [1.165, 1.54) is 11.7 Å². The summed E-state index contributed by atoms with van der Waals surface area (Å²) >= 11 is 0. The highest BCUT2D eigenvalue weighted by atomic mass is 16.6. The second kappa shape index (κ2) is 11.1. The minimum atomic E-state index is -0.674. The van der Waals surface area contributed by atoms with Crippen molar-refractivity contribution in [1.29, 1.82) is 0 Å². The number of amides is 2. The van der Waals surface area contributed by atoms with E-state index in [9.17, 15) is 14.4 Å². The van der Waals surface area contributed by atoms with Gasteiger partial charge in [0, 0.05) is 17.8 Å². The molecule has 0 aliphatic carbocycles. The highest BCUT2D eigenvalue weighted by Crippen LogP contribution is 2.30. The number of aromatic nitrogens is 2. The van der Waals surface area contributed by atoms with Gasteiger partial charge in [0.05, 0.1) is 23.9 Å². The number of nitrogens with zero attached hydrogens (tertiary/aromatic N) is 3. The van der Waals surface area contributed by atoms with Gasteiger partial charge in [-0.05, 0) is 88.9 Å². The van der Waals surface area contributed by atoms with Crippen LogP contribution in [0.15, 0.2) is 60.7 Å². The van der Waals surface area contributed by atoms with Crippen molar-refractivity contribution in [2.24, 2.45) is 0 Å². The fourth-order valence-electron chi connectivity index (χ4n) is 5.11. The van der Waals surface area contributed by atoms with Gasteiger partial charge in [-0.3, -0.25) is 9.59 Å². The maximum atomic E-state index is 13.6. The van der Waals surface area contributed by atoms with Crippen LogP contribution >= 0.6 is 0 Å². The van der Waals surface area contributed by atoms with Gasteiger partial charge in [0.25, 0.3) is 11.8 Å². The molecule has 41 heavy (non-hydrogen) atoms. The van der Waals surface area contributed by atoms with Gasteiger partial charge in [0.1, 0.15) is 22.7 Å².